The quantitative estimate of drug-likeness (QED) is 0.458. The highest BCUT2D eigenvalue weighted by Crippen LogP contribution is 2.30. The summed E-state index contributed by atoms with van der Waals surface area (Å²) >= 11 is 0. The van der Waals surface area contributed by atoms with Crippen molar-refractivity contribution >= 4 is 11.0 Å². The second-order valence-electron chi connectivity index (χ2n) is 7.97. The fourth-order valence-corrected chi connectivity index (χ4v) is 4.15. The lowest BCUT2D eigenvalue weighted by Crippen LogP contribution is -2.41. The standard InChI is InChI=1S/C25H27N3O2/c1-2-22-18-27(12-13-29-22)16-21-17-28(15-19-8-4-3-5-9-19)26-25(21)24-14-20-10-6-7-11-23(20)30-24/h3-11,14,17,22H,2,12-13,15-16,18H2,1H3/t22-/m0/s1. The van der Waals surface area contributed by atoms with Crippen LogP contribution in [0.15, 0.2) is 71.3 Å². The molecule has 0 radical (unpaired) electrons. The van der Waals surface area contributed by atoms with Gasteiger partial charge in [0, 0.05) is 36.8 Å². The van der Waals surface area contributed by atoms with Crippen LogP contribution in [0.1, 0.15) is 24.5 Å². The van der Waals surface area contributed by atoms with E-state index in [-0.39, 0.29) is 0 Å². The zero-order chi connectivity index (χ0) is 20.3. The van der Waals surface area contributed by atoms with Crippen molar-refractivity contribution in [3.05, 3.63) is 78.0 Å². The summed E-state index contributed by atoms with van der Waals surface area (Å²) in [7, 11) is 0. The van der Waals surface area contributed by atoms with Crippen LogP contribution in [0.5, 0.6) is 0 Å². The average Bonchev–Trinajstić information content (AvgIpc) is 3.38. The molecule has 0 N–H and O–H groups in total. The number of hydrogen-bond donors (Lipinski definition) is 0. The zero-order valence-corrected chi connectivity index (χ0v) is 17.3. The number of fused-ring (bicyclic) bond motifs is 1. The number of aromatic nitrogens is 2. The van der Waals surface area contributed by atoms with Crippen LogP contribution in [0.25, 0.3) is 22.4 Å². The molecule has 5 heteroatoms. The number of nitrogens with zero attached hydrogens (tertiary/aromatic N) is 3. The van der Waals surface area contributed by atoms with Crippen molar-refractivity contribution in [3.8, 4) is 11.5 Å². The van der Waals surface area contributed by atoms with Crippen molar-refractivity contribution in [2.75, 3.05) is 19.7 Å². The van der Waals surface area contributed by atoms with Gasteiger partial charge in [0.2, 0.25) is 0 Å². The van der Waals surface area contributed by atoms with Gasteiger partial charge in [-0.1, -0.05) is 55.5 Å². The smallest absolute Gasteiger partial charge is 0.156 e. The lowest BCUT2D eigenvalue weighted by atomic mass is 10.1. The number of furan rings is 1. The van der Waals surface area contributed by atoms with Gasteiger partial charge in [0.15, 0.2) is 5.76 Å². The largest absolute Gasteiger partial charge is 0.454 e. The Labute approximate surface area is 176 Å². The normalized spacial score (nSPS) is 17.6. The van der Waals surface area contributed by atoms with Crippen molar-refractivity contribution in [1.29, 1.82) is 0 Å². The molecule has 30 heavy (non-hydrogen) atoms. The minimum absolute atomic E-state index is 0.313. The number of benzene rings is 2. The van der Waals surface area contributed by atoms with Gasteiger partial charge in [-0.25, -0.2) is 0 Å². The van der Waals surface area contributed by atoms with E-state index in [1.54, 1.807) is 0 Å². The molecule has 154 valence electrons. The summed E-state index contributed by atoms with van der Waals surface area (Å²) in [5, 5.41) is 6.05. The first-order valence-electron chi connectivity index (χ1n) is 10.7. The Morgan fingerprint density at radius 1 is 1.03 bits per heavy atom. The summed E-state index contributed by atoms with van der Waals surface area (Å²) in [5.41, 5.74) is 4.26. The molecule has 1 aliphatic rings. The highest BCUT2D eigenvalue weighted by Gasteiger charge is 2.23. The summed E-state index contributed by atoms with van der Waals surface area (Å²) in [6.45, 7) is 6.47. The summed E-state index contributed by atoms with van der Waals surface area (Å²) in [4.78, 5) is 2.47. The Balaban J connectivity index is 1.48. The molecule has 1 saturated heterocycles. The Hall–Kier alpha value is -2.89. The van der Waals surface area contributed by atoms with Crippen LogP contribution in [0, 0.1) is 0 Å². The van der Waals surface area contributed by atoms with Crippen molar-refractivity contribution in [3.63, 3.8) is 0 Å². The Bertz CT molecular complexity index is 1080. The molecule has 0 aliphatic carbocycles. The van der Waals surface area contributed by atoms with Crippen molar-refractivity contribution < 1.29 is 9.15 Å². The monoisotopic (exact) mass is 401 g/mol. The molecule has 1 aliphatic heterocycles. The van der Waals surface area contributed by atoms with Crippen LogP contribution in [-0.4, -0.2) is 40.5 Å². The minimum Gasteiger partial charge on any atom is -0.454 e. The zero-order valence-electron chi connectivity index (χ0n) is 17.3. The van der Waals surface area contributed by atoms with Crippen molar-refractivity contribution in [1.82, 2.24) is 14.7 Å². The SMILES string of the molecule is CC[C@H]1CN(Cc2cn(Cc3ccccc3)nc2-c2cc3ccccc3o2)CCO1. The van der Waals surface area contributed by atoms with E-state index >= 15 is 0 Å². The van der Waals surface area contributed by atoms with E-state index in [2.05, 4.69) is 54.4 Å². The number of ether oxygens (including phenoxy) is 1. The summed E-state index contributed by atoms with van der Waals surface area (Å²) < 4.78 is 14.1. The van der Waals surface area contributed by atoms with Crippen LogP contribution in [0.3, 0.4) is 0 Å². The Morgan fingerprint density at radius 2 is 1.87 bits per heavy atom. The van der Waals surface area contributed by atoms with E-state index < -0.39 is 0 Å². The summed E-state index contributed by atoms with van der Waals surface area (Å²) in [6, 6.07) is 20.7. The number of hydrogen-bond acceptors (Lipinski definition) is 4. The fraction of sp³-hybridized carbons (Fsp3) is 0.320. The Kier molecular flexibility index (Phi) is 5.39. The van der Waals surface area contributed by atoms with Crippen molar-refractivity contribution in [2.24, 2.45) is 0 Å². The predicted molar refractivity (Wildman–Crippen MR) is 118 cm³/mol. The molecule has 3 heterocycles. The Morgan fingerprint density at radius 3 is 2.70 bits per heavy atom. The van der Waals surface area contributed by atoms with Crippen molar-refractivity contribution in [2.45, 2.75) is 32.5 Å². The van der Waals surface area contributed by atoms with Gasteiger partial charge in [-0.3, -0.25) is 9.58 Å². The third-order valence-corrected chi connectivity index (χ3v) is 5.76. The highest BCUT2D eigenvalue weighted by molar-refractivity contribution is 5.82. The molecular weight excluding hydrogens is 374 g/mol. The topological polar surface area (TPSA) is 43.4 Å². The van der Waals surface area contributed by atoms with Gasteiger partial charge in [-0.05, 0) is 24.1 Å². The third kappa shape index (κ3) is 4.04. The number of morpholine rings is 1. The van der Waals surface area contributed by atoms with Crippen LogP contribution in [0.2, 0.25) is 0 Å². The molecule has 0 unspecified atom stereocenters. The van der Waals surface area contributed by atoms with Gasteiger partial charge in [0.05, 0.1) is 19.3 Å². The van der Waals surface area contributed by atoms with E-state index in [0.29, 0.717) is 6.10 Å². The van der Waals surface area contributed by atoms with Gasteiger partial charge in [0.1, 0.15) is 11.3 Å². The molecular formula is C25H27N3O2. The minimum atomic E-state index is 0.313. The lowest BCUT2D eigenvalue weighted by Gasteiger charge is -2.32. The maximum Gasteiger partial charge on any atom is 0.156 e. The van der Waals surface area contributed by atoms with E-state index in [1.165, 1.54) is 11.1 Å². The molecule has 0 amide bonds. The lowest BCUT2D eigenvalue weighted by molar-refractivity contribution is -0.0324. The molecule has 4 aromatic rings. The van der Waals surface area contributed by atoms with E-state index in [9.17, 15) is 0 Å². The summed E-state index contributed by atoms with van der Waals surface area (Å²) in [6.07, 6.45) is 3.53. The van der Waals surface area contributed by atoms with Gasteiger partial charge >= 0.3 is 0 Å². The van der Waals surface area contributed by atoms with Crippen LogP contribution >= 0.6 is 0 Å². The summed E-state index contributed by atoms with van der Waals surface area (Å²) in [5.74, 6) is 0.832. The first kappa shape index (κ1) is 19.1. The highest BCUT2D eigenvalue weighted by atomic mass is 16.5. The number of para-hydroxylation sites is 1. The third-order valence-electron chi connectivity index (χ3n) is 5.76. The van der Waals surface area contributed by atoms with E-state index in [1.807, 2.05) is 28.9 Å². The maximum absolute atomic E-state index is 6.17. The number of rotatable bonds is 6. The van der Waals surface area contributed by atoms with E-state index in [0.717, 1.165) is 61.6 Å². The molecule has 1 fully saturated rings. The molecule has 0 saturated carbocycles. The predicted octanol–water partition coefficient (Wildman–Crippen LogP) is 4.96. The fourth-order valence-electron chi connectivity index (χ4n) is 4.15. The maximum atomic E-state index is 6.17. The first-order chi connectivity index (χ1) is 14.8. The molecule has 2 aromatic heterocycles. The van der Waals surface area contributed by atoms with Crippen LogP contribution in [-0.2, 0) is 17.8 Å². The van der Waals surface area contributed by atoms with Gasteiger partial charge in [0.25, 0.3) is 0 Å². The molecule has 5 nitrogen and oxygen atoms in total. The molecule has 1 atom stereocenters. The average molecular weight is 402 g/mol. The second kappa shape index (κ2) is 8.46. The molecule has 2 aromatic carbocycles. The van der Waals surface area contributed by atoms with E-state index in [4.69, 9.17) is 14.3 Å². The van der Waals surface area contributed by atoms with Gasteiger partial charge in [-0.15, -0.1) is 0 Å². The molecule has 5 rings (SSSR count). The van der Waals surface area contributed by atoms with Gasteiger partial charge < -0.3 is 9.15 Å². The molecule has 0 spiro atoms. The second-order valence-corrected chi connectivity index (χ2v) is 7.97. The van der Waals surface area contributed by atoms with Gasteiger partial charge in [-0.2, -0.15) is 5.10 Å². The van der Waals surface area contributed by atoms with Crippen LogP contribution in [0.4, 0.5) is 0 Å². The van der Waals surface area contributed by atoms with Crippen LogP contribution < -0.4 is 0 Å². The first-order valence-corrected chi connectivity index (χ1v) is 10.7. The molecule has 0 bridgehead atoms.